The molecule has 0 aromatic heterocycles. The van der Waals surface area contributed by atoms with E-state index < -0.39 is 10.0 Å². The molecule has 1 aliphatic rings. The van der Waals surface area contributed by atoms with Crippen LogP contribution in [0.2, 0.25) is 5.02 Å². The molecule has 0 spiro atoms. The minimum absolute atomic E-state index is 0.247. The topological polar surface area (TPSA) is 49.9 Å². The van der Waals surface area contributed by atoms with Crippen LogP contribution in [0.4, 0.5) is 5.69 Å². The summed E-state index contributed by atoms with van der Waals surface area (Å²) in [7, 11) is -3.61. The average molecular weight is 409 g/mol. The molecule has 2 aromatic rings. The molecule has 27 heavy (non-hydrogen) atoms. The third-order valence-electron chi connectivity index (χ3n) is 4.84. The van der Waals surface area contributed by atoms with E-state index in [0.717, 1.165) is 21.8 Å². The van der Waals surface area contributed by atoms with Gasteiger partial charge in [0.2, 0.25) is 10.0 Å². The standard InChI is InChI=1S/C20H25ClN2O3S/c1-4-26-19-9-8-15(2)14-20(19)27(24,25)23-12-10-22(11-13-23)18-7-5-6-17(21)16(18)3/h5-9,14H,4,10-13H2,1-3H3. The van der Waals surface area contributed by atoms with Crippen molar-refractivity contribution in [2.75, 3.05) is 37.7 Å². The van der Waals surface area contributed by atoms with Crippen LogP contribution in [0, 0.1) is 13.8 Å². The van der Waals surface area contributed by atoms with Gasteiger partial charge in [0.05, 0.1) is 6.61 Å². The molecule has 1 fully saturated rings. The number of benzene rings is 2. The van der Waals surface area contributed by atoms with E-state index in [9.17, 15) is 8.42 Å². The molecule has 0 aliphatic carbocycles. The number of ether oxygens (including phenoxy) is 1. The fraction of sp³-hybridized carbons (Fsp3) is 0.400. The van der Waals surface area contributed by atoms with Crippen LogP contribution < -0.4 is 9.64 Å². The molecule has 0 amide bonds. The second kappa shape index (κ2) is 8.09. The van der Waals surface area contributed by atoms with E-state index in [-0.39, 0.29) is 4.90 Å². The van der Waals surface area contributed by atoms with Crippen molar-refractivity contribution in [2.45, 2.75) is 25.7 Å². The highest BCUT2D eigenvalue weighted by atomic mass is 35.5. The van der Waals surface area contributed by atoms with Gasteiger partial charge in [0.1, 0.15) is 10.6 Å². The van der Waals surface area contributed by atoms with Crippen LogP contribution in [0.3, 0.4) is 0 Å². The lowest BCUT2D eigenvalue weighted by Crippen LogP contribution is -2.48. The number of nitrogens with zero attached hydrogens (tertiary/aromatic N) is 2. The van der Waals surface area contributed by atoms with Crippen molar-refractivity contribution in [3.8, 4) is 5.75 Å². The first-order valence-corrected chi connectivity index (χ1v) is 10.9. The van der Waals surface area contributed by atoms with Crippen LogP contribution in [0.5, 0.6) is 5.75 Å². The fourth-order valence-corrected chi connectivity index (χ4v) is 5.15. The van der Waals surface area contributed by atoms with Gasteiger partial charge in [-0.05, 0) is 56.2 Å². The summed E-state index contributed by atoms with van der Waals surface area (Å²) in [4.78, 5) is 2.43. The summed E-state index contributed by atoms with van der Waals surface area (Å²) in [6.45, 7) is 8.24. The van der Waals surface area contributed by atoms with Crippen LogP contribution in [0.1, 0.15) is 18.1 Å². The molecular weight excluding hydrogens is 384 g/mol. The second-order valence-electron chi connectivity index (χ2n) is 6.66. The lowest BCUT2D eigenvalue weighted by Gasteiger charge is -2.36. The van der Waals surface area contributed by atoms with Crippen molar-refractivity contribution >= 4 is 27.3 Å². The minimum Gasteiger partial charge on any atom is -0.492 e. The largest absolute Gasteiger partial charge is 0.492 e. The Balaban J connectivity index is 1.81. The molecule has 0 atom stereocenters. The van der Waals surface area contributed by atoms with Crippen molar-refractivity contribution < 1.29 is 13.2 Å². The smallest absolute Gasteiger partial charge is 0.246 e. The third kappa shape index (κ3) is 4.08. The van der Waals surface area contributed by atoms with Crippen molar-refractivity contribution in [1.82, 2.24) is 4.31 Å². The summed E-state index contributed by atoms with van der Waals surface area (Å²) in [6.07, 6.45) is 0. The Bertz CT molecular complexity index is 923. The Labute approximate surface area is 166 Å². The van der Waals surface area contributed by atoms with Crippen molar-refractivity contribution in [2.24, 2.45) is 0 Å². The molecule has 1 aliphatic heterocycles. The SMILES string of the molecule is CCOc1ccc(C)cc1S(=O)(=O)N1CCN(c2cccc(Cl)c2C)CC1. The maximum atomic E-state index is 13.2. The first kappa shape index (κ1) is 20.0. The van der Waals surface area contributed by atoms with E-state index in [1.807, 2.05) is 45.0 Å². The molecule has 0 radical (unpaired) electrons. The van der Waals surface area contributed by atoms with E-state index in [4.69, 9.17) is 16.3 Å². The van der Waals surface area contributed by atoms with Gasteiger partial charge >= 0.3 is 0 Å². The van der Waals surface area contributed by atoms with Gasteiger partial charge < -0.3 is 9.64 Å². The van der Waals surface area contributed by atoms with E-state index >= 15 is 0 Å². The molecule has 0 N–H and O–H groups in total. The van der Waals surface area contributed by atoms with Crippen LogP contribution in [-0.2, 0) is 10.0 Å². The number of hydrogen-bond acceptors (Lipinski definition) is 4. The maximum Gasteiger partial charge on any atom is 0.246 e. The molecular formula is C20H25ClN2O3S. The van der Waals surface area contributed by atoms with Crippen molar-refractivity contribution in [3.63, 3.8) is 0 Å². The van der Waals surface area contributed by atoms with E-state index in [0.29, 0.717) is 38.5 Å². The fourth-order valence-electron chi connectivity index (χ4n) is 3.34. The number of hydrogen-bond donors (Lipinski definition) is 0. The normalized spacial score (nSPS) is 15.8. The highest BCUT2D eigenvalue weighted by molar-refractivity contribution is 7.89. The predicted molar refractivity (Wildman–Crippen MR) is 110 cm³/mol. The summed E-state index contributed by atoms with van der Waals surface area (Å²) in [5.74, 6) is 0.413. The Morgan fingerprint density at radius 3 is 2.44 bits per heavy atom. The number of rotatable bonds is 5. The van der Waals surface area contributed by atoms with Crippen LogP contribution in [0.25, 0.3) is 0 Å². The first-order valence-electron chi connectivity index (χ1n) is 9.08. The van der Waals surface area contributed by atoms with E-state index in [1.54, 1.807) is 16.4 Å². The van der Waals surface area contributed by atoms with Gasteiger partial charge in [0.25, 0.3) is 0 Å². The Kier molecular flexibility index (Phi) is 5.99. The van der Waals surface area contributed by atoms with Gasteiger partial charge in [0.15, 0.2) is 0 Å². The summed E-state index contributed by atoms with van der Waals surface area (Å²) in [5.41, 5.74) is 2.98. The predicted octanol–water partition coefficient (Wildman–Crippen LogP) is 3.87. The zero-order valence-corrected chi connectivity index (χ0v) is 17.5. The van der Waals surface area contributed by atoms with Gasteiger partial charge in [-0.3, -0.25) is 0 Å². The molecule has 146 valence electrons. The Hall–Kier alpha value is -1.76. The van der Waals surface area contributed by atoms with Gasteiger partial charge in [0, 0.05) is 36.9 Å². The second-order valence-corrected chi connectivity index (χ2v) is 8.97. The number of aryl methyl sites for hydroxylation is 1. The quantitative estimate of drug-likeness (QED) is 0.753. The number of piperazine rings is 1. The molecule has 5 nitrogen and oxygen atoms in total. The zero-order valence-electron chi connectivity index (χ0n) is 15.9. The van der Waals surface area contributed by atoms with Gasteiger partial charge in [-0.15, -0.1) is 0 Å². The zero-order chi connectivity index (χ0) is 19.6. The monoisotopic (exact) mass is 408 g/mol. The Morgan fingerprint density at radius 2 is 1.78 bits per heavy atom. The minimum atomic E-state index is -3.61. The molecule has 2 aromatic carbocycles. The van der Waals surface area contributed by atoms with E-state index in [1.165, 1.54) is 0 Å². The van der Waals surface area contributed by atoms with Crippen molar-refractivity contribution in [1.29, 1.82) is 0 Å². The number of anilines is 1. The highest BCUT2D eigenvalue weighted by Gasteiger charge is 2.31. The number of halogens is 1. The molecule has 0 unspecified atom stereocenters. The van der Waals surface area contributed by atoms with Gasteiger partial charge in [-0.1, -0.05) is 23.7 Å². The lowest BCUT2D eigenvalue weighted by atomic mass is 10.1. The van der Waals surface area contributed by atoms with Gasteiger partial charge in [-0.2, -0.15) is 4.31 Å². The van der Waals surface area contributed by atoms with E-state index in [2.05, 4.69) is 4.90 Å². The molecule has 3 rings (SSSR count). The highest BCUT2D eigenvalue weighted by Crippen LogP contribution is 2.31. The molecule has 1 heterocycles. The van der Waals surface area contributed by atoms with Crippen molar-refractivity contribution in [3.05, 3.63) is 52.5 Å². The lowest BCUT2D eigenvalue weighted by molar-refractivity contribution is 0.327. The number of sulfonamides is 1. The summed E-state index contributed by atoms with van der Waals surface area (Å²) < 4.78 is 33.5. The maximum absolute atomic E-state index is 13.2. The van der Waals surface area contributed by atoms with Crippen LogP contribution in [-0.4, -0.2) is 45.5 Å². The average Bonchev–Trinajstić information content (AvgIpc) is 2.65. The molecule has 1 saturated heterocycles. The van der Waals surface area contributed by atoms with Crippen LogP contribution in [0.15, 0.2) is 41.3 Å². The summed E-state index contributed by atoms with van der Waals surface area (Å²) >= 11 is 6.23. The van der Waals surface area contributed by atoms with Gasteiger partial charge in [-0.25, -0.2) is 8.42 Å². The van der Waals surface area contributed by atoms with Crippen LogP contribution >= 0.6 is 11.6 Å². The molecule has 7 heteroatoms. The third-order valence-corrected chi connectivity index (χ3v) is 7.16. The summed E-state index contributed by atoms with van der Waals surface area (Å²) in [5, 5.41) is 0.726. The Morgan fingerprint density at radius 1 is 1.07 bits per heavy atom. The summed E-state index contributed by atoms with van der Waals surface area (Å²) in [6, 6.07) is 11.1. The molecule has 0 saturated carbocycles. The molecule has 0 bridgehead atoms. The first-order chi connectivity index (χ1) is 12.8.